The summed E-state index contributed by atoms with van der Waals surface area (Å²) < 4.78 is 13.2. The standard InChI is InChI=1S/C17H22FN3O/c1-12(9-13-5-4-6-14(18)11-13)10-15(22)21-17(2,3)16-19-7-8-20-16/h4-8,11-12H,9-10H2,1-3H3,(H,19,20)(H,21,22). The molecule has 2 rings (SSSR count). The van der Waals surface area contributed by atoms with Crippen molar-refractivity contribution in [1.29, 1.82) is 0 Å². The molecule has 0 saturated heterocycles. The van der Waals surface area contributed by atoms with Crippen molar-refractivity contribution < 1.29 is 9.18 Å². The Labute approximate surface area is 130 Å². The van der Waals surface area contributed by atoms with E-state index < -0.39 is 5.54 Å². The molecule has 2 N–H and O–H groups in total. The molecule has 1 atom stereocenters. The van der Waals surface area contributed by atoms with Gasteiger partial charge in [0, 0.05) is 18.8 Å². The van der Waals surface area contributed by atoms with Crippen LogP contribution in [-0.2, 0) is 16.8 Å². The zero-order valence-corrected chi connectivity index (χ0v) is 13.2. The molecule has 1 aromatic carbocycles. The van der Waals surface area contributed by atoms with E-state index >= 15 is 0 Å². The second kappa shape index (κ2) is 6.73. The molecule has 0 aliphatic rings. The third-order valence-corrected chi connectivity index (χ3v) is 3.55. The fourth-order valence-corrected chi connectivity index (χ4v) is 2.52. The van der Waals surface area contributed by atoms with Gasteiger partial charge in [-0.1, -0.05) is 19.1 Å². The highest BCUT2D eigenvalue weighted by Gasteiger charge is 2.25. The molecule has 1 heterocycles. The van der Waals surface area contributed by atoms with E-state index in [0.717, 1.165) is 11.4 Å². The first-order chi connectivity index (χ1) is 10.4. The maximum absolute atomic E-state index is 13.2. The second-order valence-electron chi connectivity index (χ2n) is 6.25. The minimum Gasteiger partial charge on any atom is -0.347 e. The molecule has 1 amide bonds. The Hall–Kier alpha value is -2.17. The highest BCUT2D eigenvalue weighted by atomic mass is 19.1. The number of aromatic amines is 1. The Kier molecular flexibility index (Phi) is 4.96. The summed E-state index contributed by atoms with van der Waals surface area (Å²) in [5.41, 5.74) is 0.365. The summed E-state index contributed by atoms with van der Waals surface area (Å²) in [4.78, 5) is 19.4. The Balaban J connectivity index is 1.89. The number of hydrogen-bond donors (Lipinski definition) is 2. The number of carbonyl (C=O) groups excluding carboxylic acids is 1. The third-order valence-electron chi connectivity index (χ3n) is 3.55. The number of H-pyrrole nitrogens is 1. The normalized spacial score (nSPS) is 12.9. The average molecular weight is 303 g/mol. The molecule has 1 aromatic heterocycles. The fraction of sp³-hybridized carbons (Fsp3) is 0.412. The number of benzene rings is 1. The molecule has 5 heteroatoms. The summed E-state index contributed by atoms with van der Waals surface area (Å²) in [7, 11) is 0. The minimum atomic E-state index is -0.543. The second-order valence-corrected chi connectivity index (χ2v) is 6.25. The number of nitrogens with zero attached hydrogens (tertiary/aromatic N) is 1. The van der Waals surface area contributed by atoms with E-state index in [-0.39, 0.29) is 17.6 Å². The van der Waals surface area contributed by atoms with Gasteiger partial charge in [-0.25, -0.2) is 9.37 Å². The SMILES string of the molecule is CC(CC(=O)NC(C)(C)c1ncc[nH]1)Cc1cccc(F)c1. The number of aromatic nitrogens is 2. The largest absolute Gasteiger partial charge is 0.347 e. The Bertz CT molecular complexity index is 623. The van der Waals surface area contributed by atoms with E-state index in [4.69, 9.17) is 0 Å². The van der Waals surface area contributed by atoms with Crippen LogP contribution < -0.4 is 5.32 Å². The van der Waals surface area contributed by atoms with E-state index in [0.29, 0.717) is 12.8 Å². The van der Waals surface area contributed by atoms with Crippen molar-refractivity contribution in [3.05, 3.63) is 53.9 Å². The molecule has 0 aliphatic heterocycles. The summed E-state index contributed by atoms with van der Waals surface area (Å²) in [6.07, 6.45) is 4.46. The van der Waals surface area contributed by atoms with Crippen LogP contribution in [-0.4, -0.2) is 15.9 Å². The first-order valence-corrected chi connectivity index (χ1v) is 7.42. The van der Waals surface area contributed by atoms with E-state index in [2.05, 4.69) is 15.3 Å². The number of amides is 1. The third kappa shape index (κ3) is 4.41. The minimum absolute atomic E-state index is 0.0368. The smallest absolute Gasteiger partial charge is 0.221 e. The lowest BCUT2D eigenvalue weighted by molar-refractivity contribution is -0.123. The maximum atomic E-state index is 13.2. The number of hydrogen-bond acceptors (Lipinski definition) is 2. The highest BCUT2D eigenvalue weighted by Crippen LogP contribution is 2.17. The van der Waals surface area contributed by atoms with Crippen LogP contribution in [0, 0.1) is 11.7 Å². The van der Waals surface area contributed by atoms with Crippen LogP contribution in [0.1, 0.15) is 38.6 Å². The number of imidazole rings is 1. The molecule has 118 valence electrons. The number of rotatable bonds is 6. The molecule has 4 nitrogen and oxygen atoms in total. The van der Waals surface area contributed by atoms with Gasteiger partial charge in [0.2, 0.25) is 5.91 Å². The first-order valence-electron chi connectivity index (χ1n) is 7.42. The van der Waals surface area contributed by atoms with E-state index in [1.54, 1.807) is 18.5 Å². The van der Waals surface area contributed by atoms with Crippen molar-refractivity contribution in [3.63, 3.8) is 0 Å². The van der Waals surface area contributed by atoms with Crippen LogP contribution in [0.5, 0.6) is 0 Å². The molecule has 1 unspecified atom stereocenters. The Morgan fingerprint density at radius 3 is 2.86 bits per heavy atom. The van der Waals surface area contributed by atoms with E-state index in [9.17, 15) is 9.18 Å². The summed E-state index contributed by atoms with van der Waals surface area (Å²) >= 11 is 0. The fourth-order valence-electron chi connectivity index (χ4n) is 2.52. The number of halogens is 1. The molecular formula is C17H22FN3O. The summed E-state index contributed by atoms with van der Waals surface area (Å²) in [5, 5.41) is 2.98. The number of nitrogens with one attached hydrogen (secondary N) is 2. The van der Waals surface area contributed by atoms with Crippen molar-refractivity contribution in [3.8, 4) is 0 Å². The van der Waals surface area contributed by atoms with Crippen LogP contribution >= 0.6 is 0 Å². The maximum Gasteiger partial charge on any atom is 0.221 e. The molecule has 0 spiro atoms. The van der Waals surface area contributed by atoms with Gasteiger partial charge in [-0.05, 0) is 43.9 Å². The zero-order valence-electron chi connectivity index (χ0n) is 13.2. The van der Waals surface area contributed by atoms with Crippen LogP contribution in [0.4, 0.5) is 4.39 Å². The van der Waals surface area contributed by atoms with Gasteiger partial charge in [-0.3, -0.25) is 4.79 Å². The van der Waals surface area contributed by atoms with Gasteiger partial charge >= 0.3 is 0 Å². The van der Waals surface area contributed by atoms with Crippen molar-refractivity contribution in [1.82, 2.24) is 15.3 Å². The average Bonchev–Trinajstić information content (AvgIpc) is 2.91. The lowest BCUT2D eigenvalue weighted by Gasteiger charge is -2.25. The van der Waals surface area contributed by atoms with Crippen molar-refractivity contribution in [2.45, 2.75) is 39.2 Å². The Morgan fingerprint density at radius 2 is 2.23 bits per heavy atom. The van der Waals surface area contributed by atoms with Gasteiger partial charge < -0.3 is 10.3 Å². The molecule has 22 heavy (non-hydrogen) atoms. The van der Waals surface area contributed by atoms with Crippen LogP contribution in [0.15, 0.2) is 36.7 Å². The van der Waals surface area contributed by atoms with Gasteiger partial charge in [0.15, 0.2) is 0 Å². The van der Waals surface area contributed by atoms with Gasteiger partial charge in [0.05, 0.1) is 5.54 Å². The zero-order chi connectivity index (χ0) is 16.2. The predicted molar refractivity (Wildman–Crippen MR) is 83.6 cm³/mol. The quantitative estimate of drug-likeness (QED) is 0.861. The molecule has 0 bridgehead atoms. The molecule has 0 radical (unpaired) electrons. The van der Waals surface area contributed by atoms with Crippen molar-refractivity contribution >= 4 is 5.91 Å². The summed E-state index contributed by atoms with van der Waals surface area (Å²) in [5.74, 6) is 0.575. The van der Waals surface area contributed by atoms with E-state index in [1.165, 1.54) is 12.1 Å². The van der Waals surface area contributed by atoms with E-state index in [1.807, 2.05) is 26.8 Å². The summed E-state index contributed by atoms with van der Waals surface area (Å²) in [6.45, 7) is 5.80. The molecule has 0 aliphatic carbocycles. The Morgan fingerprint density at radius 1 is 1.45 bits per heavy atom. The van der Waals surface area contributed by atoms with Crippen molar-refractivity contribution in [2.24, 2.45) is 5.92 Å². The van der Waals surface area contributed by atoms with Crippen molar-refractivity contribution in [2.75, 3.05) is 0 Å². The molecule has 2 aromatic rings. The van der Waals surface area contributed by atoms with Gasteiger partial charge in [0.25, 0.3) is 0 Å². The van der Waals surface area contributed by atoms with Gasteiger partial charge in [0.1, 0.15) is 11.6 Å². The molecular weight excluding hydrogens is 281 g/mol. The lowest BCUT2D eigenvalue weighted by Crippen LogP contribution is -2.42. The van der Waals surface area contributed by atoms with Crippen LogP contribution in [0.2, 0.25) is 0 Å². The van der Waals surface area contributed by atoms with Gasteiger partial charge in [-0.2, -0.15) is 0 Å². The lowest BCUT2D eigenvalue weighted by atomic mass is 9.96. The van der Waals surface area contributed by atoms with Gasteiger partial charge in [-0.15, -0.1) is 0 Å². The molecule has 0 saturated carbocycles. The topological polar surface area (TPSA) is 57.8 Å². The summed E-state index contributed by atoms with van der Waals surface area (Å²) in [6, 6.07) is 6.51. The highest BCUT2D eigenvalue weighted by molar-refractivity contribution is 5.77. The van der Waals surface area contributed by atoms with Crippen LogP contribution in [0.25, 0.3) is 0 Å². The predicted octanol–water partition coefficient (Wildman–Crippen LogP) is 3.17. The van der Waals surface area contributed by atoms with Crippen LogP contribution in [0.3, 0.4) is 0 Å². The number of carbonyl (C=O) groups is 1. The molecule has 0 fully saturated rings. The first kappa shape index (κ1) is 16.2. The monoisotopic (exact) mass is 303 g/mol.